The molecule has 26 heavy (non-hydrogen) atoms. The van der Waals surface area contributed by atoms with Crippen LogP contribution < -0.4 is 5.32 Å². The van der Waals surface area contributed by atoms with E-state index in [0.717, 1.165) is 11.1 Å². The van der Waals surface area contributed by atoms with E-state index in [4.69, 9.17) is 0 Å². The van der Waals surface area contributed by atoms with Gasteiger partial charge in [-0.25, -0.2) is 4.79 Å². The van der Waals surface area contributed by atoms with E-state index in [1.54, 1.807) is 23.1 Å². The van der Waals surface area contributed by atoms with Gasteiger partial charge in [0.2, 0.25) is 0 Å². The molecule has 0 aliphatic rings. The van der Waals surface area contributed by atoms with Crippen molar-refractivity contribution in [3.63, 3.8) is 0 Å². The van der Waals surface area contributed by atoms with Crippen molar-refractivity contribution in [3.05, 3.63) is 102 Å². The van der Waals surface area contributed by atoms with Crippen molar-refractivity contribution in [2.45, 2.75) is 13.1 Å². The summed E-state index contributed by atoms with van der Waals surface area (Å²) < 4.78 is 0. The number of nitrogens with one attached hydrogen (secondary N) is 1. The third-order valence-electron chi connectivity index (χ3n) is 3.84. The first-order chi connectivity index (χ1) is 12.7. The lowest BCUT2D eigenvalue weighted by molar-refractivity contribution is 0.0944. The van der Waals surface area contributed by atoms with Crippen molar-refractivity contribution in [2.75, 3.05) is 0 Å². The third kappa shape index (κ3) is 4.77. The second kappa shape index (κ2) is 8.58. The van der Waals surface area contributed by atoms with Gasteiger partial charge in [-0.1, -0.05) is 66.7 Å². The maximum atomic E-state index is 12.7. The number of nitrogens with zero attached hydrogens (tertiary/aromatic N) is 2. The van der Waals surface area contributed by atoms with Gasteiger partial charge in [-0.2, -0.15) is 0 Å². The van der Waals surface area contributed by atoms with Crippen molar-refractivity contribution in [2.24, 2.45) is 0 Å². The number of rotatable bonds is 5. The van der Waals surface area contributed by atoms with Crippen molar-refractivity contribution in [1.82, 2.24) is 15.2 Å². The molecule has 0 fully saturated rings. The minimum absolute atomic E-state index is 0.209. The molecule has 0 saturated heterocycles. The number of hydrogen-bond donors (Lipinski definition) is 1. The molecule has 0 saturated carbocycles. The van der Waals surface area contributed by atoms with Gasteiger partial charge in [-0.05, 0) is 23.3 Å². The molecule has 5 heteroatoms. The number of pyridine rings is 1. The molecule has 5 nitrogen and oxygen atoms in total. The molecule has 1 aromatic heterocycles. The number of amides is 3. The first-order valence-electron chi connectivity index (χ1n) is 8.31. The zero-order chi connectivity index (χ0) is 18.2. The minimum atomic E-state index is -0.512. The Bertz CT molecular complexity index is 811. The van der Waals surface area contributed by atoms with Gasteiger partial charge in [0.05, 0.1) is 0 Å². The largest absolute Gasteiger partial charge is 0.324 e. The highest BCUT2D eigenvalue weighted by Gasteiger charge is 2.18. The lowest BCUT2D eigenvalue weighted by atomic mass is 10.2. The van der Waals surface area contributed by atoms with E-state index in [1.165, 1.54) is 6.20 Å². The molecule has 0 unspecified atom stereocenters. The summed E-state index contributed by atoms with van der Waals surface area (Å²) in [6.07, 6.45) is 1.52. The second-order valence-electron chi connectivity index (χ2n) is 5.80. The summed E-state index contributed by atoms with van der Waals surface area (Å²) in [5, 5.41) is 2.42. The first-order valence-corrected chi connectivity index (χ1v) is 8.31. The van der Waals surface area contributed by atoms with Gasteiger partial charge in [0.15, 0.2) is 0 Å². The normalized spacial score (nSPS) is 10.2. The summed E-state index contributed by atoms with van der Waals surface area (Å²) in [5.41, 5.74) is 2.19. The number of hydrogen-bond acceptors (Lipinski definition) is 3. The zero-order valence-corrected chi connectivity index (χ0v) is 14.2. The van der Waals surface area contributed by atoms with Crippen molar-refractivity contribution < 1.29 is 9.59 Å². The Morgan fingerprint density at radius 1 is 0.769 bits per heavy atom. The van der Waals surface area contributed by atoms with Crippen LogP contribution in [0.1, 0.15) is 21.6 Å². The maximum absolute atomic E-state index is 12.7. The van der Waals surface area contributed by atoms with Crippen LogP contribution in [0.2, 0.25) is 0 Å². The van der Waals surface area contributed by atoms with Crippen LogP contribution in [0.25, 0.3) is 0 Å². The van der Waals surface area contributed by atoms with Crippen LogP contribution in [0.4, 0.5) is 4.79 Å². The molecular formula is C21H19N3O2. The molecule has 2 aromatic carbocycles. The zero-order valence-electron chi connectivity index (χ0n) is 14.2. The van der Waals surface area contributed by atoms with Crippen molar-refractivity contribution >= 4 is 11.9 Å². The minimum Gasteiger partial charge on any atom is -0.316 e. The van der Waals surface area contributed by atoms with Gasteiger partial charge in [-0.15, -0.1) is 0 Å². The van der Waals surface area contributed by atoms with E-state index < -0.39 is 11.9 Å². The molecule has 130 valence electrons. The second-order valence-corrected chi connectivity index (χ2v) is 5.80. The molecule has 0 spiro atoms. The van der Waals surface area contributed by atoms with Crippen LogP contribution in [0.3, 0.4) is 0 Å². The van der Waals surface area contributed by atoms with E-state index in [9.17, 15) is 9.59 Å². The maximum Gasteiger partial charge on any atom is 0.324 e. The summed E-state index contributed by atoms with van der Waals surface area (Å²) in [4.78, 5) is 30.5. The number of imide groups is 1. The Kier molecular flexibility index (Phi) is 5.72. The standard InChI is InChI=1S/C21H19N3O2/c25-20(19-13-7-8-14-22-19)23-21(26)24(15-17-9-3-1-4-10-17)16-18-11-5-2-6-12-18/h1-14H,15-16H2,(H,23,25,26). The van der Waals surface area contributed by atoms with Crippen LogP contribution in [0.5, 0.6) is 0 Å². The molecule has 3 rings (SSSR count). The first kappa shape index (κ1) is 17.4. The monoisotopic (exact) mass is 345 g/mol. The van der Waals surface area contributed by atoms with Gasteiger partial charge < -0.3 is 4.90 Å². The summed E-state index contributed by atoms with van der Waals surface area (Å²) >= 11 is 0. The topological polar surface area (TPSA) is 62.3 Å². The summed E-state index contributed by atoms with van der Waals surface area (Å²) in [6.45, 7) is 0.800. The highest BCUT2D eigenvalue weighted by Crippen LogP contribution is 2.10. The van der Waals surface area contributed by atoms with Gasteiger partial charge in [0.1, 0.15) is 5.69 Å². The fraction of sp³-hybridized carbons (Fsp3) is 0.0952. The lowest BCUT2D eigenvalue weighted by Gasteiger charge is -2.23. The van der Waals surface area contributed by atoms with Crippen LogP contribution in [0.15, 0.2) is 85.1 Å². The molecule has 0 atom stereocenters. The Labute approximate surface area is 152 Å². The molecular weight excluding hydrogens is 326 g/mol. The lowest BCUT2D eigenvalue weighted by Crippen LogP contribution is -2.42. The molecule has 1 heterocycles. The molecule has 0 aliphatic heterocycles. The third-order valence-corrected chi connectivity index (χ3v) is 3.84. The number of carbonyl (C=O) groups is 2. The quantitative estimate of drug-likeness (QED) is 0.768. The average Bonchev–Trinajstić information content (AvgIpc) is 2.69. The molecule has 3 aromatic rings. The summed E-state index contributed by atoms with van der Waals surface area (Å²) in [7, 11) is 0. The SMILES string of the molecule is O=C(NC(=O)N(Cc1ccccc1)Cc1ccccc1)c1ccccn1. The molecule has 0 radical (unpaired) electrons. The van der Waals surface area contributed by atoms with Crippen LogP contribution in [0, 0.1) is 0 Å². The molecule has 0 aliphatic carbocycles. The van der Waals surface area contributed by atoms with Gasteiger partial charge in [-0.3, -0.25) is 15.1 Å². The number of urea groups is 1. The predicted octanol–water partition coefficient (Wildman–Crippen LogP) is 3.63. The Balaban J connectivity index is 1.75. The van der Waals surface area contributed by atoms with E-state index in [-0.39, 0.29) is 5.69 Å². The fourth-order valence-electron chi connectivity index (χ4n) is 2.54. The van der Waals surface area contributed by atoms with Gasteiger partial charge in [0, 0.05) is 19.3 Å². The number of aromatic nitrogens is 1. The Morgan fingerprint density at radius 3 is 1.81 bits per heavy atom. The highest BCUT2D eigenvalue weighted by molar-refractivity contribution is 6.02. The smallest absolute Gasteiger partial charge is 0.316 e. The number of carbonyl (C=O) groups excluding carboxylic acids is 2. The predicted molar refractivity (Wildman–Crippen MR) is 99.2 cm³/mol. The van der Waals surface area contributed by atoms with Crippen LogP contribution >= 0.6 is 0 Å². The fourth-order valence-corrected chi connectivity index (χ4v) is 2.54. The number of benzene rings is 2. The Morgan fingerprint density at radius 2 is 1.31 bits per heavy atom. The van der Waals surface area contributed by atoms with E-state index >= 15 is 0 Å². The van der Waals surface area contributed by atoms with Gasteiger partial charge >= 0.3 is 6.03 Å². The summed E-state index contributed by atoms with van der Waals surface area (Å²) in [5.74, 6) is -0.512. The molecule has 3 amide bonds. The van der Waals surface area contributed by atoms with Crippen LogP contribution in [-0.2, 0) is 13.1 Å². The highest BCUT2D eigenvalue weighted by atomic mass is 16.2. The summed E-state index contributed by atoms with van der Waals surface area (Å²) in [6, 6.07) is 23.9. The van der Waals surface area contributed by atoms with Crippen molar-refractivity contribution in [1.29, 1.82) is 0 Å². The van der Waals surface area contributed by atoms with E-state index in [1.807, 2.05) is 60.7 Å². The van der Waals surface area contributed by atoms with Crippen molar-refractivity contribution in [3.8, 4) is 0 Å². The van der Waals surface area contributed by atoms with E-state index in [0.29, 0.717) is 13.1 Å². The van der Waals surface area contributed by atoms with E-state index in [2.05, 4.69) is 10.3 Å². The average molecular weight is 345 g/mol. The molecule has 0 bridgehead atoms. The van der Waals surface area contributed by atoms with Gasteiger partial charge in [0.25, 0.3) is 5.91 Å². The Hall–Kier alpha value is -3.47. The van der Waals surface area contributed by atoms with Crippen LogP contribution in [-0.4, -0.2) is 21.8 Å². The molecule has 1 N–H and O–H groups in total.